The molecule has 13 nitrogen and oxygen atoms in total. The minimum atomic E-state index is -2.80. The van der Waals surface area contributed by atoms with E-state index in [4.69, 9.17) is 47.4 Å². The molecule has 2 aromatic heterocycles. The molecule has 2 rings (SSSR count). The first-order valence-electron chi connectivity index (χ1n) is 12.0. The van der Waals surface area contributed by atoms with Crippen molar-refractivity contribution in [3.63, 3.8) is 0 Å². The van der Waals surface area contributed by atoms with E-state index in [-0.39, 0.29) is 59.9 Å². The van der Waals surface area contributed by atoms with Crippen LogP contribution in [0.4, 0.5) is 0 Å². The van der Waals surface area contributed by atoms with E-state index in [2.05, 4.69) is 29.0 Å². The number of hydrogen-bond acceptors (Lipinski definition) is 7. The minimum Gasteiger partial charge on any atom is -0.481 e. The summed E-state index contributed by atoms with van der Waals surface area (Å²) in [4.78, 5) is 29.9. The van der Waals surface area contributed by atoms with Crippen LogP contribution in [-0.2, 0) is 65.2 Å². The van der Waals surface area contributed by atoms with E-state index in [0.29, 0.717) is 26.4 Å². The van der Waals surface area contributed by atoms with Crippen LogP contribution >= 0.6 is 0 Å². The largest absolute Gasteiger partial charge is 0.679 e. The minimum absolute atomic E-state index is 0. The predicted molar refractivity (Wildman–Crippen MR) is 163 cm³/mol. The van der Waals surface area contributed by atoms with Crippen molar-refractivity contribution in [1.82, 2.24) is 9.55 Å². The average molecular weight is 688 g/mol. The molecule has 0 aliphatic carbocycles. The monoisotopic (exact) mass is 686 g/mol. The molecule has 0 unspecified atom stereocenters. The van der Waals surface area contributed by atoms with Crippen LogP contribution in [0.5, 0.6) is 0 Å². The first kappa shape index (κ1) is 55.8. The van der Waals surface area contributed by atoms with Gasteiger partial charge >= 0.3 is 32.1 Å². The fraction of sp³-hybridized carbons (Fsp3) is 0.583. The maximum Gasteiger partial charge on any atom is 0.679 e. The van der Waals surface area contributed by atoms with Crippen molar-refractivity contribution in [2.45, 2.75) is 61.9 Å². The summed E-state index contributed by atoms with van der Waals surface area (Å²) in [7, 11) is -0.776. The zero-order chi connectivity index (χ0) is 30.4. The van der Waals surface area contributed by atoms with E-state index in [1.54, 1.807) is 0 Å². The maximum atomic E-state index is 9.00. The summed E-state index contributed by atoms with van der Waals surface area (Å²) in [5, 5.41) is 22.2. The summed E-state index contributed by atoms with van der Waals surface area (Å²) in [5.74, 6) is -2.50. The van der Waals surface area contributed by atoms with Crippen molar-refractivity contribution in [2.24, 2.45) is 7.05 Å². The van der Waals surface area contributed by atoms with E-state index >= 15 is 0 Å². The molecule has 4 N–H and O–H groups in total. The zero-order valence-corrected chi connectivity index (χ0v) is 28.8. The van der Waals surface area contributed by atoms with Gasteiger partial charge in [0.15, 0.2) is 17.4 Å². The van der Waals surface area contributed by atoms with Gasteiger partial charge in [0, 0.05) is 79.1 Å². The molecule has 2 heterocycles. The van der Waals surface area contributed by atoms with Crippen LogP contribution in [0.15, 0.2) is 43.2 Å². The van der Waals surface area contributed by atoms with Crippen LogP contribution in [0.2, 0.25) is 0 Å². The molecule has 17 heteroatoms. The topological polar surface area (TPSA) is 173 Å². The number of nitrogens with zero attached hydrogens (tertiary/aromatic N) is 2. The smallest absolute Gasteiger partial charge is 0.481 e. The molecule has 0 aliphatic heterocycles. The molecular weight excluding hydrogens is 635 g/mol. The van der Waals surface area contributed by atoms with Gasteiger partial charge in [0.05, 0.1) is 13.6 Å². The molecule has 0 atom stereocenters. The number of carboxylic acid groups (broad SMARTS) is 3. The number of hydrogen-bond donors (Lipinski definition) is 4. The van der Waals surface area contributed by atoms with Gasteiger partial charge in [0.1, 0.15) is 12.4 Å². The normalized spacial score (nSPS) is 8.51. The van der Waals surface area contributed by atoms with E-state index < -0.39 is 27.0 Å². The summed E-state index contributed by atoms with van der Waals surface area (Å²) < 4.78 is 25.8. The predicted octanol–water partition coefficient (Wildman–Crippen LogP) is 1.09. The fourth-order valence-corrected chi connectivity index (χ4v) is 3.84. The Morgan fingerprint density at radius 2 is 1.07 bits per heavy atom. The first-order valence-corrected chi connectivity index (χ1v) is 13.6. The molecule has 0 amide bonds. The second kappa shape index (κ2) is 41.0. The summed E-state index contributed by atoms with van der Waals surface area (Å²) in [5.41, 5.74) is 0. The second-order valence-corrected chi connectivity index (χ2v) is 8.74. The van der Waals surface area contributed by atoms with Crippen molar-refractivity contribution >= 4 is 67.4 Å². The standard InChI is InChI=1S/C8H20O4Si.C6H11N2.C4H5N.3C2H4O2.Al.Mg.Zn.5H/c1-5-9-13(10-6-2,11-7-3)12-8-4;1-3-8-5-4-7(2)6-8;1-2-4-5-3-1;3*1-2(3)4;;;;;;;;/h5-8H2,1-4H3;4-6H,3H2,1-2H3;1-5H;3*1H3,(H,3,4);;;;;;;;/q;+1;;;;;;;;;;;;. The van der Waals surface area contributed by atoms with Gasteiger partial charge in [-0.05, 0) is 46.8 Å². The Labute approximate surface area is 285 Å². The summed E-state index contributed by atoms with van der Waals surface area (Å²) in [6.45, 7) is 16.2. The van der Waals surface area contributed by atoms with Gasteiger partial charge in [0.25, 0.3) is 17.9 Å². The van der Waals surface area contributed by atoms with E-state index in [1.165, 1.54) is 0 Å². The number of aromatic amines is 1. The molecule has 0 fully saturated rings. The van der Waals surface area contributed by atoms with Crippen molar-refractivity contribution in [3.05, 3.63) is 43.2 Å². The second-order valence-electron chi connectivity index (χ2n) is 6.58. The molecule has 2 aromatic rings. The Hall–Kier alpha value is -1.12. The van der Waals surface area contributed by atoms with Gasteiger partial charge in [-0.1, -0.05) is 0 Å². The number of aliphatic carboxylic acids is 3. The van der Waals surface area contributed by atoms with Gasteiger partial charge in [0.2, 0.25) is 6.33 Å². The van der Waals surface area contributed by atoms with Gasteiger partial charge in [-0.25, -0.2) is 9.13 Å². The molecule has 0 spiro atoms. The molecule has 234 valence electrons. The Kier molecular flexibility index (Phi) is 55.8. The number of carboxylic acids is 3. The third-order valence-corrected chi connectivity index (χ3v) is 5.54. The number of H-pyrrole nitrogens is 1. The zero-order valence-electron chi connectivity index (χ0n) is 24.9. The average Bonchev–Trinajstić information content (AvgIpc) is 3.49. The summed E-state index contributed by atoms with van der Waals surface area (Å²) in [6, 6.07) is 3.89. The molecule has 0 saturated carbocycles. The first-order chi connectivity index (χ1) is 17.8. The Morgan fingerprint density at radius 1 is 0.780 bits per heavy atom. The van der Waals surface area contributed by atoms with E-state index in [1.807, 2.05) is 70.0 Å². The van der Waals surface area contributed by atoms with Crippen molar-refractivity contribution in [1.29, 1.82) is 0 Å². The van der Waals surface area contributed by atoms with Crippen LogP contribution in [0.3, 0.4) is 0 Å². The third kappa shape index (κ3) is 55.5. The Morgan fingerprint density at radius 3 is 1.20 bits per heavy atom. The number of carbonyl (C=O) groups is 3. The van der Waals surface area contributed by atoms with Gasteiger partial charge in [-0.3, -0.25) is 14.4 Å². The summed E-state index contributed by atoms with van der Waals surface area (Å²) in [6.07, 6.45) is 9.89. The maximum absolute atomic E-state index is 9.00. The van der Waals surface area contributed by atoms with Crippen LogP contribution < -0.4 is 4.57 Å². The van der Waals surface area contributed by atoms with Crippen molar-refractivity contribution < 1.29 is 71.5 Å². The van der Waals surface area contributed by atoms with Gasteiger partial charge < -0.3 is 38.0 Å². The van der Waals surface area contributed by atoms with Crippen LogP contribution in [0.25, 0.3) is 0 Å². The Bertz CT molecular complexity index is 719. The fourth-order valence-electron chi connectivity index (χ4n) is 1.92. The molecular formula is C24H53AlMgN3O10SiZn+. The molecule has 0 bridgehead atoms. The van der Waals surface area contributed by atoms with E-state index in [9.17, 15) is 0 Å². The number of nitrogens with one attached hydrogen (secondary N) is 1. The molecule has 0 radical (unpaired) electrons. The van der Waals surface area contributed by atoms with Crippen LogP contribution in [0, 0.1) is 0 Å². The molecule has 0 saturated heterocycles. The third-order valence-electron chi connectivity index (χ3n) is 2.97. The number of aryl methyl sites for hydroxylation is 2. The van der Waals surface area contributed by atoms with Gasteiger partial charge in [-0.15, -0.1) is 0 Å². The molecule has 0 aromatic carbocycles. The SMILES string of the molecule is CC(=O)O.CC(=O)O.CC(=O)O.CCO[Si](OCC)(OCC)OCC.CC[n+]1ccn(C)c1.[AlH3].[MgH2].[Zn].c1cc[nH]c1. The van der Waals surface area contributed by atoms with Gasteiger partial charge in [-0.2, -0.15) is 0 Å². The molecule has 0 aliphatic rings. The number of imidazole rings is 1. The summed E-state index contributed by atoms with van der Waals surface area (Å²) >= 11 is 0. The van der Waals surface area contributed by atoms with Crippen LogP contribution in [-0.4, -0.2) is 119 Å². The number of rotatable bonds is 9. The Balaban J connectivity index is -0.0000000716. The number of aromatic nitrogens is 3. The van der Waals surface area contributed by atoms with Crippen molar-refractivity contribution in [3.8, 4) is 0 Å². The van der Waals surface area contributed by atoms with Crippen molar-refractivity contribution in [2.75, 3.05) is 26.4 Å². The molecule has 41 heavy (non-hydrogen) atoms. The van der Waals surface area contributed by atoms with Crippen LogP contribution in [0.1, 0.15) is 55.4 Å². The van der Waals surface area contributed by atoms with E-state index in [0.717, 1.165) is 27.3 Å². The quantitative estimate of drug-likeness (QED) is 0.221.